The van der Waals surface area contributed by atoms with Gasteiger partial charge in [0.05, 0.1) is 0 Å². The lowest BCUT2D eigenvalue weighted by Crippen LogP contribution is -1.91. The summed E-state index contributed by atoms with van der Waals surface area (Å²) < 4.78 is 6.40. The summed E-state index contributed by atoms with van der Waals surface area (Å²) >= 11 is 9.94. The van der Waals surface area contributed by atoms with Gasteiger partial charge in [0.25, 0.3) is 5.19 Å². The summed E-state index contributed by atoms with van der Waals surface area (Å²) in [4.78, 5) is 14.7. The second-order valence-electron chi connectivity index (χ2n) is 3.42. The number of carbonyl (C=O) groups is 1. The molecule has 0 bridgehead atoms. The highest BCUT2D eigenvalue weighted by Gasteiger charge is 2.17. The highest BCUT2D eigenvalue weighted by atomic mass is 79.9. The van der Waals surface area contributed by atoms with E-state index in [-0.39, 0.29) is 15.2 Å². The van der Waals surface area contributed by atoms with E-state index in [2.05, 4.69) is 20.9 Å². The molecule has 0 amide bonds. The highest BCUT2D eigenvalue weighted by molar-refractivity contribution is 9.10. The van der Waals surface area contributed by atoms with E-state index in [4.69, 9.17) is 21.4 Å². The number of hydrogen-bond acceptors (Lipinski definition) is 4. The van der Waals surface area contributed by atoms with Crippen LogP contribution >= 0.6 is 38.9 Å². The number of hydrogen-bond donors (Lipinski definition) is 1. The average molecular weight is 349 g/mol. The molecule has 0 atom stereocenters. The van der Waals surface area contributed by atoms with Gasteiger partial charge in [0.1, 0.15) is 5.75 Å². The van der Waals surface area contributed by atoms with Gasteiger partial charge in [-0.2, -0.15) is 4.98 Å². The molecule has 1 aromatic carbocycles. The quantitative estimate of drug-likeness (QED) is 0.895. The largest absolute Gasteiger partial charge is 0.477 e. The Labute approximate surface area is 120 Å². The summed E-state index contributed by atoms with van der Waals surface area (Å²) in [6.45, 7) is 1.88. The van der Waals surface area contributed by atoms with E-state index in [0.29, 0.717) is 5.75 Å². The SMILES string of the molecule is Cc1ccc(Br)cc1Oc1nc(Cl)c(C(=O)O)s1. The van der Waals surface area contributed by atoms with Crippen LogP contribution in [0.2, 0.25) is 5.15 Å². The normalized spacial score (nSPS) is 10.4. The van der Waals surface area contributed by atoms with Crippen molar-refractivity contribution in [3.05, 3.63) is 38.3 Å². The van der Waals surface area contributed by atoms with E-state index in [0.717, 1.165) is 21.4 Å². The fourth-order valence-corrected chi connectivity index (χ4v) is 2.56. The molecule has 0 saturated carbocycles. The Balaban J connectivity index is 2.31. The Morgan fingerprint density at radius 2 is 2.28 bits per heavy atom. The number of aromatic carboxylic acids is 1. The Kier molecular flexibility index (Phi) is 3.89. The molecular weight excluding hydrogens is 342 g/mol. The van der Waals surface area contributed by atoms with Crippen LogP contribution in [0.5, 0.6) is 10.9 Å². The molecule has 1 N–H and O–H groups in total. The fourth-order valence-electron chi connectivity index (χ4n) is 1.24. The maximum atomic E-state index is 10.8. The third-order valence-electron chi connectivity index (χ3n) is 2.11. The van der Waals surface area contributed by atoms with Crippen molar-refractivity contribution in [1.82, 2.24) is 4.98 Å². The minimum atomic E-state index is -1.11. The van der Waals surface area contributed by atoms with E-state index in [1.165, 1.54) is 0 Å². The molecule has 0 radical (unpaired) electrons. The molecular formula is C11H7BrClNO3S. The lowest BCUT2D eigenvalue weighted by molar-refractivity contribution is 0.0702. The standard InChI is InChI=1S/C11H7BrClNO3S/c1-5-2-3-6(12)4-7(5)17-11-14-9(13)8(18-11)10(15)16/h2-4H,1H3,(H,15,16). The number of halogens is 2. The van der Waals surface area contributed by atoms with Crippen LogP contribution in [0, 0.1) is 6.92 Å². The van der Waals surface area contributed by atoms with E-state index in [9.17, 15) is 4.79 Å². The highest BCUT2D eigenvalue weighted by Crippen LogP contribution is 2.34. The Hall–Kier alpha value is -1.11. The summed E-state index contributed by atoms with van der Waals surface area (Å²) in [5.74, 6) is -0.509. The molecule has 2 aromatic rings. The number of aryl methyl sites for hydroxylation is 1. The zero-order valence-electron chi connectivity index (χ0n) is 9.11. The van der Waals surface area contributed by atoms with Crippen LogP contribution in [0.4, 0.5) is 0 Å². The molecule has 1 aromatic heterocycles. The van der Waals surface area contributed by atoms with Gasteiger partial charge >= 0.3 is 5.97 Å². The third kappa shape index (κ3) is 2.82. The molecule has 0 saturated heterocycles. The van der Waals surface area contributed by atoms with Crippen LogP contribution in [-0.2, 0) is 0 Å². The predicted octanol–water partition coefficient (Wildman–Crippen LogP) is 4.36. The maximum Gasteiger partial charge on any atom is 0.349 e. The Morgan fingerprint density at radius 1 is 1.56 bits per heavy atom. The van der Waals surface area contributed by atoms with Crippen molar-refractivity contribution in [1.29, 1.82) is 0 Å². The summed E-state index contributed by atoms with van der Waals surface area (Å²) in [5.41, 5.74) is 0.918. The number of thiazole rings is 1. The van der Waals surface area contributed by atoms with E-state index in [1.807, 2.05) is 19.1 Å². The molecule has 1 heterocycles. The molecule has 0 aliphatic heterocycles. The first-order valence-corrected chi connectivity index (χ1v) is 6.79. The second-order valence-corrected chi connectivity index (χ2v) is 5.65. The first kappa shape index (κ1) is 13.3. The van der Waals surface area contributed by atoms with Gasteiger partial charge in [-0.05, 0) is 24.6 Å². The monoisotopic (exact) mass is 347 g/mol. The second kappa shape index (κ2) is 5.26. The molecule has 0 unspecified atom stereocenters. The smallest absolute Gasteiger partial charge is 0.349 e. The zero-order chi connectivity index (χ0) is 13.3. The minimum absolute atomic E-state index is 0.0284. The first-order valence-electron chi connectivity index (χ1n) is 4.81. The molecule has 7 heteroatoms. The van der Waals surface area contributed by atoms with Gasteiger partial charge in [-0.3, -0.25) is 0 Å². The van der Waals surface area contributed by atoms with Crippen LogP contribution in [0.1, 0.15) is 15.2 Å². The molecule has 4 nitrogen and oxygen atoms in total. The number of benzene rings is 1. The molecule has 2 rings (SSSR count). The number of nitrogens with zero attached hydrogens (tertiary/aromatic N) is 1. The molecule has 0 aliphatic carbocycles. The van der Waals surface area contributed by atoms with Crippen molar-refractivity contribution in [2.45, 2.75) is 6.92 Å². The minimum Gasteiger partial charge on any atom is -0.477 e. The van der Waals surface area contributed by atoms with Crippen LogP contribution in [0.3, 0.4) is 0 Å². The maximum absolute atomic E-state index is 10.8. The number of rotatable bonds is 3. The zero-order valence-corrected chi connectivity index (χ0v) is 12.3. The fraction of sp³-hybridized carbons (Fsp3) is 0.0909. The third-order valence-corrected chi connectivity index (χ3v) is 3.91. The molecule has 18 heavy (non-hydrogen) atoms. The van der Waals surface area contributed by atoms with Crippen molar-refractivity contribution in [2.24, 2.45) is 0 Å². The molecule has 0 fully saturated rings. The first-order chi connectivity index (χ1) is 8.47. The van der Waals surface area contributed by atoms with Gasteiger partial charge in [-0.1, -0.05) is 44.9 Å². The van der Waals surface area contributed by atoms with Gasteiger partial charge in [-0.15, -0.1) is 0 Å². The Bertz CT molecular complexity index is 614. The number of carboxylic acids is 1. The van der Waals surface area contributed by atoms with Crippen molar-refractivity contribution in [3.63, 3.8) is 0 Å². The van der Waals surface area contributed by atoms with Gasteiger partial charge in [-0.25, -0.2) is 4.79 Å². The van der Waals surface area contributed by atoms with Gasteiger partial charge in [0.15, 0.2) is 10.0 Å². The van der Waals surface area contributed by atoms with Gasteiger partial charge < -0.3 is 9.84 Å². The molecule has 0 spiro atoms. The van der Waals surface area contributed by atoms with Crippen molar-refractivity contribution in [3.8, 4) is 10.9 Å². The van der Waals surface area contributed by atoms with Crippen LogP contribution < -0.4 is 4.74 Å². The van der Waals surface area contributed by atoms with Crippen LogP contribution in [-0.4, -0.2) is 16.1 Å². The number of carboxylic acid groups (broad SMARTS) is 1. The molecule has 0 aliphatic rings. The summed E-state index contributed by atoms with van der Waals surface area (Å²) in [5, 5.41) is 9.01. The van der Waals surface area contributed by atoms with E-state index >= 15 is 0 Å². The van der Waals surface area contributed by atoms with Crippen molar-refractivity contribution < 1.29 is 14.6 Å². The predicted molar refractivity (Wildman–Crippen MR) is 73.0 cm³/mol. The topological polar surface area (TPSA) is 59.4 Å². The van der Waals surface area contributed by atoms with Gasteiger partial charge in [0.2, 0.25) is 0 Å². The van der Waals surface area contributed by atoms with Crippen LogP contribution in [0.15, 0.2) is 22.7 Å². The van der Waals surface area contributed by atoms with E-state index < -0.39 is 5.97 Å². The lowest BCUT2D eigenvalue weighted by atomic mass is 10.2. The van der Waals surface area contributed by atoms with Gasteiger partial charge in [0, 0.05) is 4.47 Å². The van der Waals surface area contributed by atoms with E-state index in [1.54, 1.807) is 6.07 Å². The lowest BCUT2D eigenvalue weighted by Gasteiger charge is -2.05. The number of ether oxygens (including phenoxy) is 1. The van der Waals surface area contributed by atoms with Crippen molar-refractivity contribution >= 4 is 44.8 Å². The Morgan fingerprint density at radius 3 is 2.89 bits per heavy atom. The number of aromatic nitrogens is 1. The molecule has 94 valence electrons. The van der Waals surface area contributed by atoms with Crippen molar-refractivity contribution in [2.75, 3.05) is 0 Å². The summed E-state index contributed by atoms with van der Waals surface area (Å²) in [6.07, 6.45) is 0. The summed E-state index contributed by atoms with van der Waals surface area (Å²) in [7, 11) is 0. The average Bonchev–Trinajstić information content (AvgIpc) is 2.65. The van der Waals surface area contributed by atoms with Crippen LogP contribution in [0.25, 0.3) is 0 Å². The summed E-state index contributed by atoms with van der Waals surface area (Å²) in [6, 6.07) is 5.55.